The average molecular weight is 391 g/mol. The summed E-state index contributed by atoms with van der Waals surface area (Å²) in [6, 6.07) is 14.5. The smallest absolute Gasteiger partial charge is 0.171 e. The zero-order valence-electron chi connectivity index (χ0n) is 12.9. The number of fused-ring (bicyclic) bond motifs is 1. The van der Waals surface area contributed by atoms with Gasteiger partial charge in [-0.25, -0.2) is 0 Å². The molecule has 0 aromatic heterocycles. The Morgan fingerprint density at radius 1 is 1.22 bits per heavy atom. The Hall–Kier alpha value is -1.59. The van der Waals surface area contributed by atoms with Crippen LogP contribution in [0.5, 0.6) is 5.75 Å². The van der Waals surface area contributed by atoms with Gasteiger partial charge in [0, 0.05) is 10.2 Å². The van der Waals surface area contributed by atoms with Gasteiger partial charge >= 0.3 is 0 Å². The van der Waals surface area contributed by atoms with Gasteiger partial charge in [0.25, 0.3) is 0 Å². The lowest BCUT2D eigenvalue weighted by atomic mass is 9.87. The highest BCUT2D eigenvalue weighted by atomic mass is 79.9. The van der Waals surface area contributed by atoms with Gasteiger partial charge in [-0.05, 0) is 79.0 Å². The highest BCUT2D eigenvalue weighted by molar-refractivity contribution is 9.10. The van der Waals surface area contributed by atoms with Crippen molar-refractivity contribution in [3.05, 3.63) is 58.1 Å². The highest BCUT2D eigenvalue weighted by Gasteiger charge is 2.21. The molecule has 5 heteroatoms. The fourth-order valence-electron chi connectivity index (χ4n) is 2.93. The van der Waals surface area contributed by atoms with E-state index in [4.69, 9.17) is 17.0 Å². The zero-order valence-corrected chi connectivity index (χ0v) is 15.3. The molecule has 23 heavy (non-hydrogen) atoms. The van der Waals surface area contributed by atoms with Gasteiger partial charge in [0.15, 0.2) is 5.11 Å². The third kappa shape index (κ3) is 4.03. The van der Waals surface area contributed by atoms with E-state index in [0.717, 1.165) is 35.2 Å². The van der Waals surface area contributed by atoms with Crippen molar-refractivity contribution in [3.63, 3.8) is 0 Å². The van der Waals surface area contributed by atoms with Gasteiger partial charge < -0.3 is 15.4 Å². The first-order valence-corrected chi connectivity index (χ1v) is 8.86. The summed E-state index contributed by atoms with van der Waals surface area (Å²) in [7, 11) is 1.71. The molecule has 2 N–H and O–H groups in total. The summed E-state index contributed by atoms with van der Waals surface area (Å²) in [5.74, 6) is 0.917. The molecule has 3 rings (SSSR count). The van der Waals surface area contributed by atoms with E-state index in [0.29, 0.717) is 5.11 Å². The number of methoxy groups -OCH3 is 1. The van der Waals surface area contributed by atoms with E-state index in [1.54, 1.807) is 7.11 Å². The van der Waals surface area contributed by atoms with Crippen molar-refractivity contribution < 1.29 is 4.74 Å². The first kappa shape index (κ1) is 16.3. The molecule has 0 spiro atoms. The van der Waals surface area contributed by atoms with Crippen molar-refractivity contribution in [2.45, 2.75) is 25.3 Å². The number of hydrogen-bond acceptors (Lipinski definition) is 2. The predicted molar refractivity (Wildman–Crippen MR) is 102 cm³/mol. The lowest BCUT2D eigenvalue weighted by Gasteiger charge is -2.28. The van der Waals surface area contributed by atoms with Crippen LogP contribution >= 0.6 is 28.1 Å². The molecule has 0 unspecified atom stereocenters. The van der Waals surface area contributed by atoms with Gasteiger partial charge in [-0.3, -0.25) is 0 Å². The third-order valence-electron chi connectivity index (χ3n) is 4.07. The van der Waals surface area contributed by atoms with E-state index >= 15 is 0 Å². The van der Waals surface area contributed by atoms with E-state index in [2.05, 4.69) is 38.7 Å². The van der Waals surface area contributed by atoms with Crippen LogP contribution in [0.3, 0.4) is 0 Å². The van der Waals surface area contributed by atoms with Crippen LogP contribution in [0.2, 0.25) is 0 Å². The normalized spacial score (nSPS) is 16.3. The topological polar surface area (TPSA) is 33.3 Å². The number of ether oxygens (including phenoxy) is 1. The molecule has 1 atom stereocenters. The molecular weight excluding hydrogens is 372 g/mol. The van der Waals surface area contributed by atoms with Gasteiger partial charge in [0.1, 0.15) is 5.75 Å². The van der Waals surface area contributed by atoms with E-state index in [9.17, 15) is 0 Å². The molecule has 0 fully saturated rings. The van der Waals surface area contributed by atoms with Crippen LogP contribution in [-0.2, 0) is 6.42 Å². The highest BCUT2D eigenvalue weighted by Crippen LogP contribution is 2.32. The Kier molecular flexibility index (Phi) is 5.18. The summed E-state index contributed by atoms with van der Waals surface area (Å²) in [6.07, 6.45) is 3.33. The van der Waals surface area contributed by atoms with E-state index in [-0.39, 0.29) is 6.04 Å². The largest absolute Gasteiger partial charge is 0.497 e. The Morgan fingerprint density at radius 2 is 2.00 bits per heavy atom. The summed E-state index contributed by atoms with van der Waals surface area (Å²) in [6.45, 7) is 0. The molecule has 0 amide bonds. The maximum absolute atomic E-state index is 5.47. The number of hydrogen-bond donors (Lipinski definition) is 2. The number of thiocarbonyl (C=S) groups is 1. The van der Waals surface area contributed by atoms with Crippen LogP contribution in [-0.4, -0.2) is 12.2 Å². The number of nitrogens with one attached hydrogen (secondary N) is 2. The summed E-state index contributed by atoms with van der Waals surface area (Å²) in [4.78, 5) is 0. The van der Waals surface area contributed by atoms with Crippen molar-refractivity contribution in [1.82, 2.24) is 5.32 Å². The van der Waals surface area contributed by atoms with Crippen molar-refractivity contribution >= 4 is 38.9 Å². The lowest BCUT2D eigenvalue weighted by Crippen LogP contribution is -2.34. The number of anilines is 1. The molecule has 3 nitrogen and oxygen atoms in total. The van der Waals surface area contributed by atoms with Crippen molar-refractivity contribution in [2.24, 2.45) is 0 Å². The number of halogens is 1. The predicted octanol–water partition coefficient (Wildman–Crippen LogP) is 4.82. The van der Waals surface area contributed by atoms with Crippen molar-refractivity contribution in [2.75, 3.05) is 12.4 Å². The average Bonchev–Trinajstić information content (AvgIpc) is 2.56. The zero-order chi connectivity index (χ0) is 16.2. The summed E-state index contributed by atoms with van der Waals surface area (Å²) in [5.41, 5.74) is 3.65. The van der Waals surface area contributed by atoms with Gasteiger partial charge in [-0.1, -0.05) is 22.0 Å². The first-order chi connectivity index (χ1) is 11.2. The molecule has 120 valence electrons. The Labute approximate surface area is 150 Å². The fourth-order valence-corrected chi connectivity index (χ4v) is 3.45. The van der Waals surface area contributed by atoms with E-state index in [1.165, 1.54) is 11.1 Å². The Bertz CT molecular complexity index is 703. The number of benzene rings is 2. The monoisotopic (exact) mass is 390 g/mol. The summed E-state index contributed by atoms with van der Waals surface area (Å²) in [5, 5.41) is 7.34. The number of rotatable bonds is 3. The minimum Gasteiger partial charge on any atom is -0.497 e. The molecule has 1 aliphatic carbocycles. The standard InChI is InChI=1S/C18H19BrN2OS/c1-22-15-9-10-16-12(11-15)3-2-4-17(16)21-18(23)20-14-7-5-13(19)6-8-14/h5-11,17H,2-4H2,1H3,(H2,20,21,23)/t17-/m1/s1. The molecule has 2 aromatic carbocycles. The Balaban J connectivity index is 1.69. The number of aryl methyl sites for hydroxylation is 1. The van der Waals surface area contributed by atoms with Crippen LogP contribution < -0.4 is 15.4 Å². The minimum absolute atomic E-state index is 0.250. The molecule has 0 saturated carbocycles. The van der Waals surface area contributed by atoms with Crippen LogP contribution in [0.15, 0.2) is 46.9 Å². The second-order valence-corrected chi connectivity index (χ2v) is 6.94. The van der Waals surface area contributed by atoms with Crippen LogP contribution in [0.25, 0.3) is 0 Å². The second-order valence-electron chi connectivity index (χ2n) is 5.61. The van der Waals surface area contributed by atoms with Crippen LogP contribution in [0.1, 0.15) is 30.0 Å². The second kappa shape index (κ2) is 7.32. The van der Waals surface area contributed by atoms with Gasteiger partial charge in [-0.15, -0.1) is 0 Å². The molecular formula is C18H19BrN2OS. The molecule has 0 aliphatic heterocycles. The lowest BCUT2D eigenvalue weighted by molar-refractivity contribution is 0.412. The maximum Gasteiger partial charge on any atom is 0.171 e. The summed E-state index contributed by atoms with van der Waals surface area (Å²) >= 11 is 8.90. The maximum atomic E-state index is 5.47. The van der Waals surface area contributed by atoms with E-state index < -0.39 is 0 Å². The molecule has 2 aromatic rings. The molecule has 1 aliphatic rings. The molecule has 0 saturated heterocycles. The van der Waals surface area contributed by atoms with Crippen molar-refractivity contribution in [3.8, 4) is 5.75 Å². The van der Waals surface area contributed by atoms with Crippen LogP contribution in [0, 0.1) is 0 Å². The van der Waals surface area contributed by atoms with Crippen molar-refractivity contribution in [1.29, 1.82) is 0 Å². The van der Waals surface area contributed by atoms with Gasteiger partial charge in [0.2, 0.25) is 0 Å². The van der Waals surface area contributed by atoms with E-state index in [1.807, 2.05) is 30.3 Å². The Morgan fingerprint density at radius 3 is 2.74 bits per heavy atom. The quantitative estimate of drug-likeness (QED) is 0.735. The molecule has 0 heterocycles. The SMILES string of the molecule is COc1ccc2c(c1)CCC[C@H]2NC(=S)Nc1ccc(Br)cc1. The van der Waals surface area contributed by atoms with Gasteiger partial charge in [0.05, 0.1) is 13.2 Å². The summed E-state index contributed by atoms with van der Waals surface area (Å²) < 4.78 is 6.38. The molecule has 0 bridgehead atoms. The van der Waals surface area contributed by atoms with Gasteiger partial charge in [-0.2, -0.15) is 0 Å². The molecule has 0 radical (unpaired) electrons. The first-order valence-electron chi connectivity index (χ1n) is 7.65. The fraction of sp³-hybridized carbons (Fsp3) is 0.278. The minimum atomic E-state index is 0.250. The third-order valence-corrected chi connectivity index (χ3v) is 4.82. The van der Waals surface area contributed by atoms with Crippen LogP contribution in [0.4, 0.5) is 5.69 Å².